The van der Waals surface area contributed by atoms with Crippen LogP contribution in [0.5, 0.6) is 5.75 Å². The van der Waals surface area contributed by atoms with Gasteiger partial charge in [-0.1, -0.05) is 59.6 Å². The number of aliphatic hydroxyl groups is 2. The molecule has 0 radical (unpaired) electrons. The van der Waals surface area contributed by atoms with Gasteiger partial charge in [-0.05, 0) is 70.6 Å². The zero-order chi connectivity index (χ0) is 31.4. The van der Waals surface area contributed by atoms with Crippen molar-refractivity contribution in [2.45, 2.75) is 31.2 Å². The van der Waals surface area contributed by atoms with E-state index in [1.807, 2.05) is 12.1 Å². The van der Waals surface area contributed by atoms with Crippen LogP contribution in [-0.4, -0.2) is 58.3 Å². The monoisotopic (exact) mass is 748 g/mol. The second-order valence-corrected chi connectivity index (χ2v) is 12.1. The Labute approximate surface area is 276 Å². The van der Waals surface area contributed by atoms with Gasteiger partial charge in [-0.15, -0.1) is 0 Å². The van der Waals surface area contributed by atoms with Gasteiger partial charge in [0.05, 0.1) is 26.3 Å². The van der Waals surface area contributed by atoms with Crippen molar-refractivity contribution in [2.75, 3.05) is 13.2 Å². The van der Waals surface area contributed by atoms with Crippen LogP contribution in [0, 0.1) is 3.57 Å². The van der Waals surface area contributed by atoms with Crippen LogP contribution in [0.4, 0.5) is 0 Å². The van der Waals surface area contributed by atoms with Crippen LogP contribution < -0.4 is 15.7 Å². The molecule has 0 saturated heterocycles. The average Bonchev–Trinajstić information content (AvgIpc) is 3.02. The van der Waals surface area contributed by atoms with Gasteiger partial charge in [-0.3, -0.25) is 9.59 Å². The van der Waals surface area contributed by atoms with E-state index < -0.39 is 35.7 Å². The molecule has 228 valence electrons. The third kappa shape index (κ3) is 7.10. The van der Waals surface area contributed by atoms with Crippen LogP contribution in [0.25, 0.3) is 11.0 Å². The number of halogens is 3. The summed E-state index contributed by atoms with van der Waals surface area (Å²) in [4.78, 5) is 41.8. The topological polar surface area (TPSA) is 129 Å². The molecule has 12 heteroatoms. The Bertz CT molecular complexity index is 1790. The number of benzene rings is 3. The number of carbonyl (C=O) groups is 2. The maximum absolute atomic E-state index is 14.3. The highest BCUT2D eigenvalue weighted by Crippen LogP contribution is 2.32. The molecule has 0 bridgehead atoms. The lowest BCUT2D eigenvalue weighted by Gasteiger charge is -2.40. The molecule has 0 aliphatic heterocycles. The van der Waals surface area contributed by atoms with Crippen molar-refractivity contribution in [1.82, 2.24) is 10.2 Å². The predicted octanol–water partition coefficient (Wildman–Crippen LogP) is 4.96. The van der Waals surface area contributed by atoms with Gasteiger partial charge in [0.2, 0.25) is 5.91 Å². The molecular weight excluding hydrogens is 722 g/mol. The van der Waals surface area contributed by atoms with E-state index in [0.29, 0.717) is 27.3 Å². The summed E-state index contributed by atoms with van der Waals surface area (Å²) in [7, 11) is 0. The zero-order valence-electron chi connectivity index (χ0n) is 23.1. The van der Waals surface area contributed by atoms with E-state index in [1.54, 1.807) is 54.6 Å². The molecule has 0 fully saturated rings. The Morgan fingerprint density at radius 3 is 2.55 bits per heavy atom. The van der Waals surface area contributed by atoms with Crippen LogP contribution in [0.1, 0.15) is 22.3 Å². The minimum absolute atomic E-state index is 0.00948. The highest BCUT2D eigenvalue weighted by atomic mass is 127. The highest BCUT2D eigenvalue weighted by Gasteiger charge is 2.41. The molecule has 0 spiro atoms. The summed E-state index contributed by atoms with van der Waals surface area (Å²) in [5.74, 6) is -0.731. The van der Waals surface area contributed by atoms with Gasteiger partial charge in [0.1, 0.15) is 29.1 Å². The van der Waals surface area contributed by atoms with Crippen molar-refractivity contribution in [1.29, 1.82) is 0 Å². The molecule has 3 unspecified atom stereocenters. The molecule has 5 rings (SSSR count). The second kappa shape index (κ2) is 14.1. The third-order valence-electron chi connectivity index (χ3n) is 7.18. The van der Waals surface area contributed by atoms with Crippen molar-refractivity contribution < 1.29 is 29.0 Å². The number of aliphatic hydroxyl groups excluding tert-OH is 2. The van der Waals surface area contributed by atoms with E-state index >= 15 is 0 Å². The van der Waals surface area contributed by atoms with Crippen LogP contribution in [0.15, 0.2) is 93.7 Å². The number of amides is 2. The number of fused-ring (bicyclic) bond motifs is 1. The van der Waals surface area contributed by atoms with Crippen molar-refractivity contribution in [3.05, 3.63) is 120 Å². The van der Waals surface area contributed by atoms with E-state index in [2.05, 4.69) is 27.9 Å². The number of ether oxygens (including phenoxy) is 1. The summed E-state index contributed by atoms with van der Waals surface area (Å²) in [6.45, 7) is -0.354. The van der Waals surface area contributed by atoms with E-state index in [-0.39, 0.29) is 42.3 Å². The fraction of sp³-hybridized carbons (Fsp3) is 0.219. The van der Waals surface area contributed by atoms with Crippen molar-refractivity contribution >= 4 is 68.6 Å². The largest absolute Gasteiger partial charge is 0.482 e. The number of nitrogens with one attached hydrogen (secondary N) is 1. The van der Waals surface area contributed by atoms with Gasteiger partial charge in [-0.25, -0.2) is 4.79 Å². The zero-order valence-corrected chi connectivity index (χ0v) is 26.8. The Morgan fingerprint density at radius 1 is 1.05 bits per heavy atom. The lowest BCUT2D eigenvalue weighted by Crippen LogP contribution is -2.55. The molecule has 1 heterocycles. The summed E-state index contributed by atoms with van der Waals surface area (Å²) in [5.41, 5.74) is 0.0378. The smallest absolute Gasteiger partial charge is 0.349 e. The first-order valence-corrected chi connectivity index (χ1v) is 15.5. The number of hydrogen-bond donors (Lipinski definition) is 3. The number of nitrogens with zero attached hydrogens (tertiary/aromatic N) is 1. The molecule has 1 aliphatic rings. The Balaban J connectivity index is 1.59. The lowest BCUT2D eigenvalue weighted by atomic mass is 9.87. The molecular formula is C32H27Cl2IN2O7. The highest BCUT2D eigenvalue weighted by molar-refractivity contribution is 14.1. The van der Waals surface area contributed by atoms with Crippen LogP contribution in [0.3, 0.4) is 0 Å². The van der Waals surface area contributed by atoms with Gasteiger partial charge >= 0.3 is 5.63 Å². The second-order valence-electron chi connectivity index (χ2n) is 10.1. The van der Waals surface area contributed by atoms with Gasteiger partial charge in [0.15, 0.2) is 0 Å². The number of hydrogen-bond acceptors (Lipinski definition) is 7. The van der Waals surface area contributed by atoms with Gasteiger partial charge in [0.25, 0.3) is 5.91 Å². The maximum atomic E-state index is 14.3. The van der Waals surface area contributed by atoms with Crippen molar-refractivity contribution in [3.63, 3.8) is 0 Å². The average molecular weight is 749 g/mol. The van der Waals surface area contributed by atoms with Gasteiger partial charge in [0, 0.05) is 30.5 Å². The molecule has 9 nitrogen and oxygen atoms in total. The minimum atomic E-state index is -1.32. The fourth-order valence-corrected chi connectivity index (χ4v) is 5.84. The van der Waals surface area contributed by atoms with E-state index in [9.17, 15) is 24.6 Å². The first kappa shape index (κ1) is 32.0. The van der Waals surface area contributed by atoms with E-state index in [1.165, 1.54) is 17.0 Å². The quantitative estimate of drug-likeness (QED) is 0.163. The summed E-state index contributed by atoms with van der Waals surface area (Å²) in [6, 6.07) is 19.3. The molecule has 3 atom stereocenters. The Morgan fingerprint density at radius 2 is 1.80 bits per heavy atom. The molecule has 0 saturated carbocycles. The standard InChI is InChI=1S/C32H27Cl2IN2O7/c33-22-10-9-18(13-23(22)34)17-37(31(41)21-14-19-5-1-3-7-26(19)44-32(21)42)25-15-20(30(40)36-11-12-38)16-28(29(25)39)43-27-8-4-2-6-24(27)35/h1-10,13-14,16,25,28-29,38-39H,11-12,15,17H2,(H,36,40). The third-order valence-corrected chi connectivity index (χ3v) is 8.81. The SMILES string of the molecule is O=C(NCCO)C1=CC(Oc2ccccc2I)C(O)C(N(Cc2ccc(Cl)c(Cl)c2)C(=O)c2cc3ccccc3oc2=O)C1. The lowest BCUT2D eigenvalue weighted by molar-refractivity contribution is -0.118. The maximum Gasteiger partial charge on any atom is 0.349 e. The first-order chi connectivity index (χ1) is 21.2. The fourth-order valence-electron chi connectivity index (χ4n) is 5.01. The van der Waals surface area contributed by atoms with Crippen molar-refractivity contribution in [3.8, 4) is 5.75 Å². The summed E-state index contributed by atoms with van der Waals surface area (Å²) < 4.78 is 12.4. The first-order valence-electron chi connectivity index (χ1n) is 13.6. The number of rotatable bonds is 9. The molecule has 1 aliphatic carbocycles. The Kier molecular flexibility index (Phi) is 10.3. The van der Waals surface area contributed by atoms with Crippen LogP contribution in [0.2, 0.25) is 10.0 Å². The predicted molar refractivity (Wildman–Crippen MR) is 175 cm³/mol. The van der Waals surface area contributed by atoms with Crippen LogP contribution >= 0.6 is 45.8 Å². The summed E-state index contributed by atoms with van der Waals surface area (Å²) in [6.07, 6.45) is -0.921. The van der Waals surface area contributed by atoms with E-state index in [0.717, 1.165) is 3.57 Å². The van der Waals surface area contributed by atoms with E-state index in [4.69, 9.17) is 32.4 Å². The minimum Gasteiger partial charge on any atom is -0.482 e. The number of para-hydroxylation sites is 2. The normalized spacial score (nSPS) is 18.0. The summed E-state index contributed by atoms with van der Waals surface area (Å²) >= 11 is 14.5. The number of carbonyl (C=O) groups excluding carboxylic acids is 2. The Hall–Kier alpha value is -3.42. The summed E-state index contributed by atoms with van der Waals surface area (Å²) in [5, 5.41) is 24.8. The van der Waals surface area contributed by atoms with Gasteiger partial charge in [-0.2, -0.15) is 0 Å². The molecule has 3 aromatic carbocycles. The molecule has 2 amide bonds. The molecule has 1 aromatic heterocycles. The molecule has 3 N–H and O–H groups in total. The van der Waals surface area contributed by atoms with Crippen LogP contribution in [-0.2, 0) is 11.3 Å². The molecule has 44 heavy (non-hydrogen) atoms. The van der Waals surface area contributed by atoms with Crippen molar-refractivity contribution in [2.24, 2.45) is 0 Å². The van der Waals surface area contributed by atoms with Gasteiger partial charge < -0.3 is 29.6 Å². The molecule has 4 aromatic rings.